The van der Waals surface area contributed by atoms with Crippen LogP contribution in [0.15, 0.2) is 36.0 Å². The van der Waals surface area contributed by atoms with E-state index in [4.69, 9.17) is 0 Å². The summed E-state index contributed by atoms with van der Waals surface area (Å²) < 4.78 is 0. The highest BCUT2D eigenvalue weighted by Crippen LogP contribution is 2.27. The molecule has 13 heavy (non-hydrogen) atoms. The summed E-state index contributed by atoms with van der Waals surface area (Å²) >= 11 is 0. The molecule has 0 fully saturated rings. The highest BCUT2D eigenvalue weighted by atomic mass is 14.2. The molecule has 0 saturated carbocycles. The Morgan fingerprint density at radius 2 is 2.46 bits per heavy atom. The van der Waals surface area contributed by atoms with Crippen molar-refractivity contribution in [2.75, 3.05) is 0 Å². The first-order valence-electron chi connectivity index (χ1n) is 5.25. The fourth-order valence-electron chi connectivity index (χ4n) is 1.75. The molecule has 0 spiro atoms. The second-order valence-corrected chi connectivity index (χ2v) is 3.88. The summed E-state index contributed by atoms with van der Waals surface area (Å²) in [4.78, 5) is 0. The molecule has 0 heteroatoms. The van der Waals surface area contributed by atoms with Gasteiger partial charge in [0.1, 0.15) is 0 Å². The van der Waals surface area contributed by atoms with Crippen molar-refractivity contribution in [1.29, 1.82) is 0 Å². The van der Waals surface area contributed by atoms with Crippen molar-refractivity contribution in [2.24, 2.45) is 5.92 Å². The Labute approximate surface area is 82.0 Å². The third-order valence-corrected chi connectivity index (χ3v) is 2.64. The van der Waals surface area contributed by atoms with E-state index in [0.717, 1.165) is 12.3 Å². The summed E-state index contributed by atoms with van der Waals surface area (Å²) in [5.74, 6) is 0.781. The van der Waals surface area contributed by atoms with Crippen LogP contribution in [-0.2, 0) is 0 Å². The van der Waals surface area contributed by atoms with Crippen LogP contribution in [-0.4, -0.2) is 0 Å². The van der Waals surface area contributed by atoms with Crippen LogP contribution in [0.5, 0.6) is 0 Å². The molecule has 1 unspecified atom stereocenters. The van der Waals surface area contributed by atoms with Crippen molar-refractivity contribution in [3.63, 3.8) is 0 Å². The molecule has 1 rings (SSSR count). The van der Waals surface area contributed by atoms with Crippen LogP contribution < -0.4 is 0 Å². The summed E-state index contributed by atoms with van der Waals surface area (Å²) in [6.07, 6.45) is 11.9. The average Bonchev–Trinajstić information content (AvgIpc) is 2.15. The largest absolute Gasteiger partial charge is 0.0958 e. The summed E-state index contributed by atoms with van der Waals surface area (Å²) in [6, 6.07) is 0. The van der Waals surface area contributed by atoms with Crippen LogP contribution in [0.1, 0.15) is 39.5 Å². The number of hydrogen-bond donors (Lipinski definition) is 0. The van der Waals surface area contributed by atoms with Crippen molar-refractivity contribution in [3.8, 4) is 0 Å². The topological polar surface area (TPSA) is 0 Å². The van der Waals surface area contributed by atoms with Crippen LogP contribution in [0.25, 0.3) is 0 Å². The van der Waals surface area contributed by atoms with E-state index < -0.39 is 0 Å². The van der Waals surface area contributed by atoms with E-state index >= 15 is 0 Å². The third-order valence-electron chi connectivity index (χ3n) is 2.64. The van der Waals surface area contributed by atoms with Crippen LogP contribution in [0.2, 0.25) is 0 Å². The highest BCUT2D eigenvalue weighted by molar-refractivity contribution is 5.28. The Bertz CT molecular complexity index is 230. The predicted molar refractivity (Wildman–Crippen MR) is 59.7 cm³/mol. The van der Waals surface area contributed by atoms with Gasteiger partial charge in [0.05, 0.1) is 0 Å². The van der Waals surface area contributed by atoms with Gasteiger partial charge in [0.15, 0.2) is 0 Å². The Morgan fingerprint density at radius 3 is 2.92 bits per heavy atom. The van der Waals surface area contributed by atoms with Gasteiger partial charge in [-0.3, -0.25) is 0 Å². The Hall–Kier alpha value is -0.780. The molecule has 0 radical (unpaired) electrons. The fraction of sp³-hybridized carbons (Fsp3) is 0.538. The molecule has 0 aromatic heterocycles. The smallest absolute Gasteiger partial charge is 0.0196 e. The number of allylic oxidation sites excluding steroid dienone is 5. The monoisotopic (exact) mass is 176 g/mol. The van der Waals surface area contributed by atoms with Crippen LogP contribution in [0.3, 0.4) is 0 Å². The molecule has 0 amide bonds. The first-order valence-corrected chi connectivity index (χ1v) is 5.25. The van der Waals surface area contributed by atoms with Crippen LogP contribution in [0.4, 0.5) is 0 Å². The quantitative estimate of drug-likeness (QED) is 0.564. The molecule has 0 aromatic rings. The van der Waals surface area contributed by atoms with Crippen molar-refractivity contribution in [3.05, 3.63) is 36.0 Å². The van der Waals surface area contributed by atoms with Crippen molar-refractivity contribution in [1.82, 2.24) is 0 Å². The normalized spacial score (nSPS) is 23.2. The van der Waals surface area contributed by atoms with Gasteiger partial charge >= 0.3 is 0 Å². The number of hydrogen-bond acceptors (Lipinski definition) is 0. The minimum absolute atomic E-state index is 0.781. The Morgan fingerprint density at radius 1 is 1.69 bits per heavy atom. The van der Waals surface area contributed by atoms with Gasteiger partial charge in [-0.15, -0.1) is 0 Å². The van der Waals surface area contributed by atoms with Gasteiger partial charge in [-0.25, -0.2) is 0 Å². The Kier molecular flexibility index (Phi) is 4.01. The Balaban J connectivity index is 2.46. The molecule has 0 heterocycles. The lowest BCUT2D eigenvalue weighted by atomic mass is 9.87. The maximum absolute atomic E-state index is 3.98. The average molecular weight is 176 g/mol. The van der Waals surface area contributed by atoms with Crippen LogP contribution >= 0.6 is 0 Å². The maximum atomic E-state index is 3.98. The lowest BCUT2D eigenvalue weighted by Gasteiger charge is -2.19. The predicted octanol–water partition coefficient (Wildman–Crippen LogP) is 4.26. The van der Waals surface area contributed by atoms with E-state index in [9.17, 15) is 0 Å². The first kappa shape index (κ1) is 10.3. The van der Waals surface area contributed by atoms with E-state index in [2.05, 4.69) is 38.7 Å². The maximum Gasteiger partial charge on any atom is -0.0196 e. The summed E-state index contributed by atoms with van der Waals surface area (Å²) in [7, 11) is 0. The fourth-order valence-corrected chi connectivity index (χ4v) is 1.75. The van der Waals surface area contributed by atoms with Gasteiger partial charge in [-0.2, -0.15) is 0 Å². The van der Waals surface area contributed by atoms with E-state index in [0.29, 0.717) is 0 Å². The zero-order chi connectivity index (χ0) is 9.68. The second-order valence-electron chi connectivity index (χ2n) is 3.88. The van der Waals surface area contributed by atoms with Gasteiger partial charge in [0.25, 0.3) is 0 Å². The minimum Gasteiger partial charge on any atom is -0.0958 e. The second kappa shape index (κ2) is 5.06. The molecule has 0 bridgehead atoms. The van der Waals surface area contributed by atoms with E-state index in [-0.39, 0.29) is 0 Å². The lowest BCUT2D eigenvalue weighted by Crippen LogP contribution is -2.03. The third kappa shape index (κ3) is 3.22. The lowest BCUT2D eigenvalue weighted by molar-refractivity contribution is 0.569. The standard InChI is InChI=1S/C13H20/c1-4-5-6-12-7-9-13(10-8-12)11(2)3/h5-6,9,12H,2,4,7-8,10H2,1,3H3/b6-5+. The van der Waals surface area contributed by atoms with Crippen molar-refractivity contribution < 1.29 is 0 Å². The molecule has 0 nitrogen and oxygen atoms in total. The zero-order valence-electron chi connectivity index (χ0n) is 8.84. The molecule has 0 aromatic carbocycles. The van der Waals surface area contributed by atoms with Crippen molar-refractivity contribution >= 4 is 0 Å². The molecule has 0 N–H and O–H groups in total. The molecular weight excluding hydrogens is 156 g/mol. The van der Waals surface area contributed by atoms with E-state index in [1.165, 1.54) is 30.4 Å². The molecular formula is C13H20. The summed E-state index contributed by atoms with van der Waals surface area (Å²) in [5, 5.41) is 0. The molecule has 1 aliphatic carbocycles. The van der Waals surface area contributed by atoms with E-state index in [1.54, 1.807) is 0 Å². The van der Waals surface area contributed by atoms with Gasteiger partial charge in [0, 0.05) is 0 Å². The first-order chi connectivity index (χ1) is 6.24. The van der Waals surface area contributed by atoms with Gasteiger partial charge < -0.3 is 0 Å². The highest BCUT2D eigenvalue weighted by Gasteiger charge is 2.11. The summed E-state index contributed by atoms with van der Waals surface area (Å²) in [5.41, 5.74) is 2.72. The zero-order valence-corrected chi connectivity index (χ0v) is 8.84. The van der Waals surface area contributed by atoms with Gasteiger partial charge in [-0.1, -0.05) is 37.3 Å². The van der Waals surface area contributed by atoms with Crippen LogP contribution in [0, 0.1) is 5.92 Å². The minimum atomic E-state index is 0.781. The van der Waals surface area contributed by atoms with Gasteiger partial charge in [0.2, 0.25) is 0 Å². The molecule has 72 valence electrons. The molecule has 0 saturated heterocycles. The molecule has 1 aliphatic rings. The van der Waals surface area contributed by atoms with Gasteiger partial charge in [-0.05, 0) is 44.1 Å². The van der Waals surface area contributed by atoms with E-state index in [1.807, 2.05) is 0 Å². The summed E-state index contributed by atoms with van der Waals surface area (Å²) in [6.45, 7) is 8.27. The molecule has 1 atom stereocenters. The van der Waals surface area contributed by atoms with Crippen molar-refractivity contribution in [2.45, 2.75) is 39.5 Å². The molecule has 0 aliphatic heterocycles. The SMILES string of the molecule is C=C(C)C1=CCC(/C=C/CC)CC1. The number of rotatable bonds is 3.